The van der Waals surface area contributed by atoms with E-state index in [-0.39, 0.29) is 0 Å². The molecule has 1 aliphatic heterocycles. The molecule has 1 aliphatic rings. The van der Waals surface area contributed by atoms with Crippen LogP contribution in [0.15, 0.2) is 71.2 Å². The third-order valence-corrected chi connectivity index (χ3v) is 4.78. The molecule has 0 aliphatic carbocycles. The fraction of sp³-hybridized carbons (Fsp3) is 0.273. The molecule has 0 atom stereocenters. The normalized spacial score (nSPS) is 16.1. The van der Waals surface area contributed by atoms with E-state index in [9.17, 15) is 0 Å². The van der Waals surface area contributed by atoms with E-state index in [2.05, 4.69) is 56.4 Å². The Balaban J connectivity index is 1.24. The van der Waals surface area contributed by atoms with Gasteiger partial charge in [0, 0.05) is 38.3 Å². The molecule has 5 nitrogen and oxygen atoms in total. The number of benzene rings is 2. The highest BCUT2D eigenvalue weighted by Crippen LogP contribution is 2.18. The molecule has 27 heavy (non-hydrogen) atoms. The van der Waals surface area contributed by atoms with E-state index in [0.717, 1.165) is 38.3 Å². The molecule has 0 N–H and O–H groups in total. The van der Waals surface area contributed by atoms with Gasteiger partial charge < -0.3 is 4.42 Å². The smallest absolute Gasteiger partial charge is 0.247 e. The van der Waals surface area contributed by atoms with Gasteiger partial charge in [0.2, 0.25) is 11.8 Å². The summed E-state index contributed by atoms with van der Waals surface area (Å²) in [6, 6.07) is 20.3. The van der Waals surface area contributed by atoms with Gasteiger partial charge in [-0.05, 0) is 17.7 Å². The number of aromatic nitrogens is 2. The van der Waals surface area contributed by atoms with Gasteiger partial charge in [-0.2, -0.15) is 0 Å². The van der Waals surface area contributed by atoms with Gasteiger partial charge in [-0.25, -0.2) is 0 Å². The van der Waals surface area contributed by atoms with Crippen molar-refractivity contribution in [3.8, 4) is 11.5 Å². The molecule has 0 saturated carbocycles. The first-order chi connectivity index (χ1) is 13.4. The third kappa shape index (κ3) is 4.90. The van der Waals surface area contributed by atoms with Crippen LogP contribution in [-0.2, 0) is 6.54 Å². The highest BCUT2D eigenvalue weighted by molar-refractivity contribution is 5.51. The molecular weight excluding hydrogens is 336 g/mol. The molecule has 0 unspecified atom stereocenters. The van der Waals surface area contributed by atoms with Gasteiger partial charge in [0.25, 0.3) is 0 Å². The summed E-state index contributed by atoms with van der Waals surface area (Å²) in [4.78, 5) is 4.85. The molecule has 5 heteroatoms. The highest BCUT2D eigenvalue weighted by atomic mass is 16.4. The molecule has 0 radical (unpaired) electrons. The zero-order valence-corrected chi connectivity index (χ0v) is 15.4. The Labute approximate surface area is 159 Å². The Morgan fingerprint density at radius 3 is 2.22 bits per heavy atom. The third-order valence-electron chi connectivity index (χ3n) is 4.78. The number of hydrogen-bond acceptors (Lipinski definition) is 5. The SMILES string of the molecule is C(=C\c1ccccc1)/CN1CCN(Cc2nnc(-c3ccccc3)o2)CC1. The second-order valence-corrected chi connectivity index (χ2v) is 6.76. The maximum Gasteiger partial charge on any atom is 0.247 e. The molecule has 138 valence electrons. The standard InChI is InChI=1S/C22H24N4O/c1-3-8-19(9-4-1)10-7-13-25-14-16-26(17-15-25)18-21-23-24-22(27-21)20-11-5-2-6-12-20/h1-12H,13-18H2/b10-7+. The maximum absolute atomic E-state index is 5.82. The summed E-state index contributed by atoms with van der Waals surface area (Å²) in [5.74, 6) is 1.28. The lowest BCUT2D eigenvalue weighted by Gasteiger charge is -2.33. The topological polar surface area (TPSA) is 45.4 Å². The van der Waals surface area contributed by atoms with E-state index in [0.29, 0.717) is 18.3 Å². The average Bonchev–Trinajstić information content (AvgIpc) is 3.19. The van der Waals surface area contributed by atoms with Gasteiger partial charge >= 0.3 is 0 Å². The highest BCUT2D eigenvalue weighted by Gasteiger charge is 2.18. The predicted octanol–water partition coefficient (Wildman–Crippen LogP) is 3.57. The minimum Gasteiger partial charge on any atom is -0.419 e. The van der Waals surface area contributed by atoms with Crippen molar-refractivity contribution < 1.29 is 4.42 Å². The summed E-state index contributed by atoms with van der Waals surface area (Å²) >= 11 is 0. The largest absolute Gasteiger partial charge is 0.419 e. The first kappa shape index (κ1) is 17.6. The molecule has 3 aromatic rings. The predicted molar refractivity (Wildman–Crippen MR) is 107 cm³/mol. The molecule has 1 fully saturated rings. The van der Waals surface area contributed by atoms with Crippen molar-refractivity contribution in [2.24, 2.45) is 0 Å². The van der Waals surface area contributed by atoms with E-state index in [1.54, 1.807) is 0 Å². The van der Waals surface area contributed by atoms with Crippen LogP contribution < -0.4 is 0 Å². The van der Waals surface area contributed by atoms with Gasteiger partial charge in [0.1, 0.15) is 0 Å². The number of nitrogens with zero attached hydrogens (tertiary/aromatic N) is 4. The average molecular weight is 360 g/mol. The second-order valence-electron chi connectivity index (χ2n) is 6.76. The van der Waals surface area contributed by atoms with E-state index in [1.165, 1.54) is 5.56 Å². The van der Waals surface area contributed by atoms with E-state index >= 15 is 0 Å². The fourth-order valence-electron chi connectivity index (χ4n) is 3.24. The van der Waals surface area contributed by atoms with E-state index in [4.69, 9.17) is 4.42 Å². The zero-order chi connectivity index (χ0) is 18.3. The lowest BCUT2D eigenvalue weighted by molar-refractivity contribution is 0.128. The fourth-order valence-corrected chi connectivity index (χ4v) is 3.24. The van der Waals surface area contributed by atoms with Crippen molar-refractivity contribution in [3.05, 3.63) is 78.2 Å². The number of hydrogen-bond donors (Lipinski definition) is 0. The second kappa shape index (κ2) is 8.75. The lowest BCUT2D eigenvalue weighted by Crippen LogP contribution is -2.45. The van der Waals surface area contributed by atoms with Crippen molar-refractivity contribution >= 4 is 6.08 Å². The van der Waals surface area contributed by atoms with Crippen LogP contribution in [0.4, 0.5) is 0 Å². The molecular formula is C22H24N4O. The first-order valence-corrected chi connectivity index (χ1v) is 9.41. The van der Waals surface area contributed by atoms with Gasteiger partial charge in [0.15, 0.2) is 0 Å². The van der Waals surface area contributed by atoms with Crippen molar-refractivity contribution in [3.63, 3.8) is 0 Å². The van der Waals surface area contributed by atoms with Crippen LogP contribution >= 0.6 is 0 Å². The van der Waals surface area contributed by atoms with Crippen LogP contribution in [0.25, 0.3) is 17.5 Å². The van der Waals surface area contributed by atoms with Crippen LogP contribution in [0.1, 0.15) is 11.5 Å². The van der Waals surface area contributed by atoms with Crippen LogP contribution in [0.3, 0.4) is 0 Å². The summed E-state index contributed by atoms with van der Waals surface area (Å²) in [7, 11) is 0. The number of rotatable bonds is 6. The molecule has 1 aromatic heterocycles. The summed E-state index contributed by atoms with van der Waals surface area (Å²) in [5.41, 5.74) is 2.22. The molecule has 1 saturated heterocycles. The quantitative estimate of drug-likeness (QED) is 0.672. The Kier molecular flexibility index (Phi) is 5.72. The Bertz CT molecular complexity index is 852. The Morgan fingerprint density at radius 1 is 0.815 bits per heavy atom. The molecule has 0 amide bonds. The maximum atomic E-state index is 5.82. The number of piperazine rings is 1. The van der Waals surface area contributed by atoms with Gasteiger partial charge in [0.05, 0.1) is 6.54 Å². The molecule has 2 aromatic carbocycles. The van der Waals surface area contributed by atoms with Gasteiger partial charge in [-0.15, -0.1) is 10.2 Å². The van der Waals surface area contributed by atoms with Crippen molar-refractivity contribution in [1.82, 2.24) is 20.0 Å². The zero-order valence-electron chi connectivity index (χ0n) is 15.4. The van der Waals surface area contributed by atoms with Crippen LogP contribution in [0.5, 0.6) is 0 Å². The minimum absolute atomic E-state index is 0.593. The summed E-state index contributed by atoms with van der Waals surface area (Å²) < 4.78 is 5.82. The molecule has 0 bridgehead atoms. The summed E-state index contributed by atoms with van der Waals surface area (Å²) in [6.45, 7) is 5.84. The van der Waals surface area contributed by atoms with Gasteiger partial charge in [-0.1, -0.05) is 60.7 Å². The lowest BCUT2D eigenvalue weighted by atomic mass is 10.2. The Morgan fingerprint density at radius 2 is 1.48 bits per heavy atom. The summed E-state index contributed by atoms with van der Waals surface area (Å²) in [5, 5.41) is 8.38. The molecule has 2 heterocycles. The molecule has 0 spiro atoms. The van der Waals surface area contributed by atoms with Crippen molar-refractivity contribution in [1.29, 1.82) is 0 Å². The van der Waals surface area contributed by atoms with Crippen LogP contribution in [0, 0.1) is 0 Å². The van der Waals surface area contributed by atoms with Crippen LogP contribution in [-0.4, -0.2) is 52.7 Å². The minimum atomic E-state index is 0.593. The van der Waals surface area contributed by atoms with E-state index < -0.39 is 0 Å². The summed E-state index contributed by atoms with van der Waals surface area (Å²) in [6.07, 6.45) is 4.44. The van der Waals surface area contributed by atoms with Crippen molar-refractivity contribution in [2.45, 2.75) is 6.54 Å². The molecule has 4 rings (SSSR count). The van der Waals surface area contributed by atoms with E-state index in [1.807, 2.05) is 36.4 Å². The Hall–Kier alpha value is -2.76. The monoisotopic (exact) mass is 360 g/mol. The van der Waals surface area contributed by atoms with Crippen LogP contribution in [0.2, 0.25) is 0 Å². The van der Waals surface area contributed by atoms with Crippen molar-refractivity contribution in [2.75, 3.05) is 32.7 Å². The first-order valence-electron chi connectivity index (χ1n) is 9.41. The van der Waals surface area contributed by atoms with Gasteiger partial charge in [-0.3, -0.25) is 9.80 Å².